The molecule has 112 valence electrons. The second kappa shape index (κ2) is 5.14. The maximum absolute atomic E-state index is 14.6. The molecule has 0 unspecified atom stereocenters. The number of fused-ring (bicyclic) bond motifs is 1. The molecule has 0 aliphatic carbocycles. The van der Waals surface area contributed by atoms with E-state index in [9.17, 15) is 14.3 Å². The smallest absolute Gasteiger partial charge is 0.338 e. The number of benzene rings is 2. The van der Waals surface area contributed by atoms with Gasteiger partial charge in [-0.1, -0.05) is 17.7 Å². The molecule has 0 amide bonds. The van der Waals surface area contributed by atoms with Crippen LogP contribution in [-0.2, 0) is 0 Å². The van der Waals surface area contributed by atoms with Crippen LogP contribution in [0.4, 0.5) is 15.8 Å². The van der Waals surface area contributed by atoms with Gasteiger partial charge >= 0.3 is 5.97 Å². The summed E-state index contributed by atoms with van der Waals surface area (Å²) >= 11 is 0. The molecule has 0 saturated carbocycles. The van der Waals surface area contributed by atoms with Gasteiger partial charge in [0.2, 0.25) is 0 Å². The monoisotopic (exact) mass is 299 g/mol. The van der Waals surface area contributed by atoms with E-state index >= 15 is 0 Å². The number of aromatic carboxylic acids is 1. The van der Waals surface area contributed by atoms with Gasteiger partial charge in [0.05, 0.1) is 23.1 Å². The second-order valence-corrected chi connectivity index (χ2v) is 5.16. The van der Waals surface area contributed by atoms with Crippen molar-refractivity contribution in [3.63, 3.8) is 0 Å². The van der Waals surface area contributed by atoms with Gasteiger partial charge in [-0.05, 0) is 31.5 Å². The summed E-state index contributed by atoms with van der Waals surface area (Å²) in [6.07, 6.45) is 1.33. The summed E-state index contributed by atoms with van der Waals surface area (Å²) in [5.74, 6) is -1.89. The van der Waals surface area contributed by atoms with E-state index in [2.05, 4.69) is 15.3 Å². The van der Waals surface area contributed by atoms with E-state index in [0.29, 0.717) is 11.2 Å². The number of nitrogens with one attached hydrogen (secondary N) is 2. The fraction of sp³-hybridized carbons (Fsp3) is 0.125. The minimum absolute atomic E-state index is 0.0842. The van der Waals surface area contributed by atoms with E-state index in [1.807, 2.05) is 26.0 Å². The molecule has 5 nitrogen and oxygen atoms in total. The average Bonchev–Trinajstić information content (AvgIpc) is 2.92. The van der Waals surface area contributed by atoms with Crippen LogP contribution in [0, 0.1) is 19.7 Å². The van der Waals surface area contributed by atoms with Crippen molar-refractivity contribution in [1.29, 1.82) is 0 Å². The first kappa shape index (κ1) is 14.1. The largest absolute Gasteiger partial charge is 0.478 e. The topological polar surface area (TPSA) is 78.0 Å². The van der Waals surface area contributed by atoms with Crippen molar-refractivity contribution in [2.75, 3.05) is 5.32 Å². The van der Waals surface area contributed by atoms with Gasteiger partial charge in [0, 0.05) is 5.69 Å². The predicted molar refractivity (Wildman–Crippen MR) is 82.2 cm³/mol. The van der Waals surface area contributed by atoms with Gasteiger partial charge in [0.1, 0.15) is 5.52 Å². The zero-order valence-electron chi connectivity index (χ0n) is 12.1. The third-order valence-electron chi connectivity index (χ3n) is 3.53. The fourth-order valence-corrected chi connectivity index (χ4v) is 2.42. The summed E-state index contributed by atoms with van der Waals surface area (Å²) in [4.78, 5) is 18.0. The number of aromatic nitrogens is 2. The number of aromatic amines is 1. The first-order valence-electron chi connectivity index (χ1n) is 6.70. The van der Waals surface area contributed by atoms with Crippen molar-refractivity contribution in [2.45, 2.75) is 13.8 Å². The number of halogens is 1. The van der Waals surface area contributed by atoms with Gasteiger partial charge in [0.15, 0.2) is 5.82 Å². The van der Waals surface area contributed by atoms with Crippen LogP contribution in [0.25, 0.3) is 11.0 Å². The molecule has 6 heteroatoms. The molecule has 1 aromatic heterocycles. The standard InChI is InChI=1S/C16H14FN3O2/c1-8-3-4-11(9(2)5-8)20-14-10(16(21)22)6-12-15(13(14)17)19-7-18-12/h3-7,20H,1-2H3,(H,18,19)(H,21,22). The number of aryl methyl sites for hydroxylation is 2. The molecule has 22 heavy (non-hydrogen) atoms. The number of carboxylic acid groups (broad SMARTS) is 1. The Morgan fingerprint density at radius 3 is 2.77 bits per heavy atom. The lowest BCUT2D eigenvalue weighted by molar-refractivity contribution is 0.0697. The highest BCUT2D eigenvalue weighted by Crippen LogP contribution is 2.31. The molecule has 0 aliphatic rings. The van der Waals surface area contributed by atoms with Crippen LogP contribution >= 0.6 is 0 Å². The highest BCUT2D eigenvalue weighted by atomic mass is 19.1. The van der Waals surface area contributed by atoms with Crippen LogP contribution < -0.4 is 5.32 Å². The molecule has 3 N–H and O–H groups in total. The molecular weight excluding hydrogens is 285 g/mol. The molecule has 0 spiro atoms. The number of anilines is 2. The Balaban J connectivity index is 2.18. The van der Waals surface area contributed by atoms with Crippen molar-refractivity contribution in [1.82, 2.24) is 9.97 Å². The number of H-pyrrole nitrogens is 1. The van der Waals surface area contributed by atoms with Crippen LogP contribution in [0.15, 0.2) is 30.6 Å². The SMILES string of the molecule is Cc1ccc(Nc2c(C(=O)O)cc3[nH]cnc3c2F)c(C)c1. The molecule has 1 heterocycles. The van der Waals surface area contributed by atoms with Gasteiger partial charge < -0.3 is 15.4 Å². The Morgan fingerprint density at radius 1 is 1.32 bits per heavy atom. The number of hydrogen-bond acceptors (Lipinski definition) is 3. The number of hydrogen-bond donors (Lipinski definition) is 3. The lowest BCUT2D eigenvalue weighted by Crippen LogP contribution is -2.06. The van der Waals surface area contributed by atoms with Crippen molar-refractivity contribution >= 4 is 28.4 Å². The van der Waals surface area contributed by atoms with Gasteiger partial charge in [-0.15, -0.1) is 0 Å². The van der Waals surface area contributed by atoms with Crippen LogP contribution in [0.1, 0.15) is 21.5 Å². The maximum atomic E-state index is 14.6. The molecular formula is C16H14FN3O2. The van der Waals surface area contributed by atoms with E-state index in [-0.39, 0.29) is 16.8 Å². The van der Waals surface area contributed by atoms with E-state index in [1.165, 1.54) is 12.4 Å². The van der Waals surface area contributed by atoms with E-state index < -0.39 is 11.8 Å². The molecule has 0 fully saturated rings. The fourth-order valence-electron chi connectivity index (χ4n) is 2.42. The van der Waals surface area contributed by atoms with E-state index in [1.54, 1.807) is 6.07 Å². The molecule has 3 rings (SSSR count). The lowest BCUT2D eigenvalue weighted by Gasteiger charge is -2.13. The van der Waals surface area contributed by atoms with Crippen LogP contribution in [0.5, 0.6) is 0 Å². The van der Waals surface area contributed by atoms with Gasteiger partial charge in [-0.2, -0.15) is 0 Å². The zero-order chi connectivity index (χ0) is 15.9. The van der Waals surface area contributed by atoms with Crippen LogP contribution in [-0.4, -0.2) is 21.0 Å². The summed E-state index contributed by atoms with van der Waals surface area (Å²) in [7, 11) is 0. The summed E-state index contributed by atoms with van der Waals surface area (Å²) in [6.45, 7) is 3.83. The molecule has 0 radical (unpaired) electrons. The maximum Gasteiger partial charge on any atom is 0.338 e. The first-order valence-corrected chi connectivity index (χ1v) is 6.70. The Morgan fingerprint density at radius 2 is 2.09 bits per heavy atom. The molecule has 0 saturated heterocycles. The van der Waals surface area contributed by atoms with Crippen LogP contribution in [0.3, 0.4) is 0 Å². The van der Waals surface area contributed by atoms with Gasteiger partial charge in [0.25, 0.3) is 0 Å². The molecule has 0 aliphatic heterocycles. The number of imidazole rings is 1. The molecule has 3 aromatic rings. The summed E-state index contributed by atoms with van der Waals surface area (Å²) in [5.41, 5.74) is 2.86. The summed E-state index contributed by atoms with van der Waals surface area (Å²) in [5, 5.41) is 12.2. The van der Waals surface area contributed by atoms with E-state index in [0.717, 1.165) is 11.1 Å². The molecule has 0 atom stereocenters. The normalized spacial score (nSPS) is 10.9. The lowest BCUT2D eigenvalue weighted by atomic mass is 10.1. The van der Waals surface area contributed by atoms with Crippen LogP contribution in [0.2, 0.25) is 0 Å². The Hall–Kier alpha value is -2.89. The highest BCUT2D eigenvalue weighted by molar-refractivity contribution is 6.00. The minimum Gasteiger partial charge on any atom is -0.478 e. The Kier molecular flexibility index (Phi) is 3.29. The zero-order valence-corrected chi connectivity index (χ0v) is 12.1. The predicted octanol–water partition coefficient (Wildman–Crippen LogP) is 3.76. The molecule has 0 bridgehead atoms. The number of rotatable bonds is 3. The number of carboxylic acids is 1. The summed E-state index contributed by atoms with van der Waals surface area (Å²) in [6, 6.07) is 6.98. The Labute approximate surface area is 125 Å². The number of nitrogens with zero attached hydrogens (tertiary/aromatic N) is 1. The summed E-state index contributed by atoms with van der Waals surface area (Å²) < 4.78 is 14.6. The average molecular weight is 299 g/mol. The van der Waals surface area contributed by atoms with Crippen molar-refractivity contribution < 1.29 is 14.3 Å². The Bertz CT molecular complexity index is 886. The van der Waals surface area contributed by atoms with Crippen molar-refractivity contribution in [3.8, 4) is 0 Å². The quantitative estimate of drug-likeness (QED) is 0.688. The van der Waals surface area contributed by atoms with Crippen molar-refractivity contribution in [2.24, 2.45) is 0 Å². The third kappa shape index (κ3) is 2.28. The van der Waals surface area contributed by atoms with Gasteiger partial charge in [-0.25, -0.2) is 14.2 Å². The third-order valence-corrected chi connectivity index (χ3v) is 3.53. The molecule has 2 aromatic carbocycles. The minimum atomic E-state index is -1.21. The van der Waals surface area contributed by atoms with Gasteiger partial charge in [-0.3, -0.25) is 0 Å². The first-order chi connectivity index (χ1) is 10.5. The van der Waals surface area contributed by atoms with E-state index in [4.69, 9.17) is 0 Å². The highest BCUT2D eigenvalue weighted by Gasteiger charge is 2.20. The van der Waals surface area contributed by atoms with Crippen molar-refractivity contribution in [3.05, 3.63) is 53.1 Å². The number of carbonyl (C=O) groups is 1. The second-order valence-electron chi connectivity index (χ2n) is 5.16.